The van der Waals surface area contributed by atoms with Crippen LogP contribution in [0.15, 0.2) is 16.3 Å². The van der Waals surface area contributed by atoms with Crippen LogP contribution in [0.3, 0.4) is 0 Å². The van der Waals surface area contributed by atoms with Gasteiger partial charge in [-0.2, -0.15) is 0 Å². The van der Waals surface area contributed by atoms with Gasteiger partial charge in [-0.25, -0.2) is 13.1 Å². The zero-order chi connectivity index (χ0) is 11.6. The number of thiophene rings is 1. The predicted molar refractivity (Wildman–Crippen MR) is 63.2 cm³/mol. The molecule has 1 saturated heterocycles. The van der Waals surface area contributed by atoms with Gasteiger partial charge in [-0.05, 0) is 31.9 Å². The van der Waals surface area contributed by atoms with Gasteiger partial charge in [-0.1, -0.05) is 0 Å². The Morgan fingerprint density at radius 1 is 1.38 bits per heavy atom. The molecule has 0 saturated carbocycles. The SMILES string of the molecule is Cc1ccc(S(=O)(=O)NC2CCOCC2)s1. The molecule has 0 aromatic carbocycles. The second kappa shape index (κ2) is 4.83. The minimum Gasteiger partial charge on any atom is -0.381 e. The highest BCUT2D eigenvalue weighted by atomic mass is 32.2. The van der Waals surface area contributed by atoms with Gasteiger partial charge < -0.3 is 4.74 Å². The Bertz CT molecular complexity index is 446. The van der Waals surface area contributed by atoms with E-state index < -0.39 is 10.0 Å². The summed E-state index contributed by atoms with van der Waals surface area (Å²) >= 11 is 1.30. The Morgan fingerprint density at radius 3 is 2.62 bits per heavy atom. The van der Waals surface area contributed by atoms with E-state index in [1.807, 2.05) is 13.0 Å². The third-order valence-electron chi connectivity index (χ3n) is 2.52. The molecule has 0 aliphatic carbocycles. The molecule has 90 valence electrons. The lowest BCUT2D eigenvalue weighted by Gasteiger charge is -2.22. The van der Waals surface area contributed by atoms with E-state index in [0.29, 0.717) is 17.4 Å². The minimum absolute atomic E-state index is 0.0150. The van der Waals surface area contributed by atoms with Crippen molar-refractivity contribution in [2.45, 2.75) is 30.0 Å². The van der Waals surface area contributed by atoms with Crippen LogP contribution in [0.25, 0.3) is 0 Å². The number of nitrogens with one attached hydrogen (secondary N) is 1. The van der Waals surface area contributed by atoms with Crippen molar-refractivity contribution in [3.63, 3.8) is 0 Å². The van der Waals surface area contributed by atoms with Crippen molar-refractivity contribution in [2.24, 2.45) is 0 Å². The van der Waals surface area contributed by atoms with Gasteiger partial charge in [0.05, 0.1) is 0 Å². The number of ether oxygens (including phenoxy) is 1. The van der Waals surface area contributed by atoms with Crippen LogP contribution in [0, 0.1) is 6.92 Å². The van der Waals surface area contributed by atoms with Gasteiger partial charge in [0.1, 0.15) is 4.21 Å². The first kappa shape index (κ1) is 12.0. The van der Waals surface area contributed by atoms with Gasteiger partial charge in [0.15, 0.2) is 0 Å². The van der Waals surface area contributed by atoms with Crippen LogP contribution in [0.5, 0.6) is 0 Å². The Labute approximate surface area is 99.7 Å². The Hall–Kier alpha value is -0.430. The standard InChI is InChI=1S/C10H15NO3S2/c1-8-2-3-10(15-8)16(12,13)11-9-4-6-14-7-5-9/h2-3,9,11H,4-7H2,1H3. The highest BCUT2D eigenvalue weighted by molar-refractivity contribution is 7.91. The van der Waals surface area contributed by atoms with Crippen molar-refractivity contribution in [3.05, 3.63) is 17.0 Å². The molecule has 1 aliphatic rings. The third-order valence-corrected chi connectivity index (χ3v) is 5.54. The molecule has 1 fully saturated rings. The van der Waals surface area contributed by atoms with Gasteiger partial charge in [-0.3, -0.25) is 0 Å². The molecule has 0 unspecified atom stereocenters. The molecule has 0 radical (unpaired) electrons. The number of hydrogen-bond acceptors (Lipinski definition) is 4. The molecule has 2 heterocycles. The summed E-state index contributed by atoms with van der Waals surface area (Å²) in [5.41, 5.74) is 0. The van der Waals surface area contributed by atoms with Crippen molar-refractivity contribution in [2.75, 3.05) is 13.2 Å². The van der Waals surface area contributed by atoms with Crippen LogP contribution < -0.4 is 4.72 Å². The second-order valence-corrected chi connectivity index (χ2v) is 7.10. The van der Waals surface area contributed by atoms with Gasteiger partial charge in [0.2, 0.25) is 10.0 Å². The van der Waals surface area contributed by atoms with Crippen molar-refractivity contribution >= 4 is 21.4 Å². The van der Waals surface area contributed by atoms with E-state index in [9.17, 15) is 8.42 Å². The van der Waals surface area contributed by atoms with Crippen LogP contribution in [-0.2, 0) is 14.8 Å². The first-order valence-corrected chi connectivity index (χ1v) is 7.54. The molecule has 0 bridgehead atoms. The van der Waals surface area contributed by atoms with Gasteiger partial charge >= 0.3 is 0 Å². The Balaban J connectivity index is 2.07. The summed E-state index contributed by atoms with van der Waals surface area (Å²) in [7, 11) is -3.33. The molecule has 1 aliphatic heterocycles. The summed E-state index contributed by atoms with van der Waals surface area (Å²) in [6.07, 6.45) is 1.51. The molecule has 4 nitrogen and oxygen atoms in total. The Morgan fingerprint density at radius 2 is 2.06 bits per heavy atom. The molecule has 0 atom stereocenters. The lowest BCUT2D eigenvalue weighted by atomic mass is 10.1. The van der Waals surface area contributed by atoms with Crippen LogP contribution in [0.2, 0.25) is 0 Å². The number of aryl methyl sites for hydroxylation is 1. The largest absolute Gasteiger partial charge is 0.381 e. The fraction of sp³-hybridized carbons (Fsp3) is 0.600. The van der Waals surface area contributed by atoms with Crippen LogP contribution in [0.4, 0.5) is 0 Å². The lowest BCUT2D eigenvalue weighted by molar-refractivity contribution is 0.0832. The molecule has 0 amide bonds. The monoisotopic (exact) mass is 261 g/mol. The highest BCUT2D eigenvalue weighted by Crippen LogP contribution is 2.21. The van der Waals surface area contributed by atoms with Crippen LogP contribution in [-0.4, -0.2) is 27.7 Å². The highest BCUT2D eigenvalue weighted by Gasteiger charge is 2.22. The maximum absolute atomic E-state index is 12.0. The summed E-state index contributed by atoms with van der Waals surface area (Å²) in [6.45, 7) is 3.17. The lowest BCUT2D eigenvalue weighted by Crippen LogP contribution is -2.38. The fourth-order valence-corrected chi connectivity index (χ4v) is 4.25. The summed E-state index contributed by atoms with van der Waals surface area (Å²) < 4.78 is 32.3. The van der Waals surface area contributed by atoms with E-state index in [1.165, 1.54) is 11.3 Å². The van der Waals surface area contributed by atoms with E-state index in [1.54, 1.807) is 6.07 Å². The quantitative estimate of drug-likeness (QED) is 0.897. The second-order valence-electron chi connectivity index (χ2n) is 3.87. The van der Waals surface area contributed by atoms with Crippen LogP contribution >= 0.6 is 11.3 Å². The zero-order valence-electron chi connectivity index (χ0n) is 9.10. The van der Waals surface area contributed by atoms with Crippen molar-refractivity contribution < 1.29 is 13.2 Å². The summed E-state index contributed by atoms with van der Waals surface area (Å²) in [5, 5.41) is 0. The van der Waals surface area contributed by atoms with E-state index in [0.717, 1.165) is 17.7 Å². The van der Waals surface area contributed by atoms with E-state index in [4.69, 9.17) is 4.74 Å². The van der Waals surface area contributed by atoms with Gasteiger partial charge in [-0.15, -0.1) is 11.3 Å². The fourth-order valence-electron chi connectivity index (χ4n) is 1.65. The predicted octanol–water partition coefficient (Wildman–Crippen LogP) is 1.51. The van der Waals surface area contributed by atoms with Crippen molar-refractivity contribution in [1.29, 1.82) is 0 Å². The van der Waals surface area contributed by atoms with Gasteiger partial charge in [0, 0.05) is 24.1 Å². The van der Waals surface area contributed by atoms with E-state index in [-0.39, 0.29) is 6.04 Å². The third kappa shape index (κ3) is 2.82. The van der Waals surface area contributed by atoms with Crippen molar-refractivity contribution in [1.82, 2.24) is 4.72 Å². The normalized spacial score (nSPS) is 18.8. The smallest absolute Gasteiger partial charge is 0.250 e. The average molecular weight is 261 g/mol. The zero-order valence-corrected chi connectivity index (χ0v) is 10.7. The summed E-state index contributed by atoms with van der Waals surface area (Å²) in [5.74, 6) is 0. The first-order valence-electron chi connectivity index (χ1n) is 5.24. The number of sulfonamides is 1. The molecule has 1 N–H and O–H groups in total. The molecule has 2 rings (SSSR count). The topological polar surface area (TPSA) is 55.4 Å². The minimum atomic E-state index is -3.33. The average Bonchev–Trinajstić information content (AvgIpc) is 2.66. The van der Waals surface area contributed by atoms with Crippen LogP contribution in [0.1, 0.15) is 17.7 Å². The van der Waals surface area contributed by atoms with Crippen molar-refractivity contribution in [3.8, 4) is 0 Å². The number of rotatable bonds is 3. The summed E-state index contributed by atoms with van der Waals surface area (Å²) in [4.78, 5) is 1.01. The van der Waals surface area contributed by atoms with E-state index >= 15 is 0 Å². The maximum Gasteiger partial charge on any atom is 0.250 e. The molecular weight excluding hydrogens is 246 g/mol. The first-order chi connectivity index (χ1) is 7.58. The summed E-state index contributed by atoms with van der Waals surface area (Å²) in [6, 6.07) is 3.49. The maximum atomic E-state index is 12.0. The molecule has 1 aromatic rings. The number of hydrogen-bond donors (Lipinski definition) is 1. The molecular formula is C10H15NO3S2. The molecule has 1 aromatic heterocycles. The molecule has 0 spiro atoms. The molecule has 6 heteroatoms. The Kier molecular flexibility index (Phi) is 3.63. The van der Waals surface area contributed by atoms with E-state index in [2.05, 4.69) is 4.72 Å². The van der Waals surface area contributed by atoms with Gasteiger partial charge in [0.25, 0.3) is 0 Å². The molecule has 16 heavy (non-hydrogen) atoms.